The summed E-state index contributed by atoms with van der Waals surface area (Å²) in [5, 5.41) is 10.6. The number of carbonyl (C=O) groups is 4. The second-order valence-electron chi connectivity index (χ2n) is 29.1. The Morgan fingerprint density at radius 1 is 0.283 bits per heavy atom. The van der Waals surface area contributed by atoms with Crippen molar-refractivity contribution in [1.29, 1.82) is 0 Å². The lowest BCUT2D eigenvalue weighted by atomic mass is 10.00. The monoisotopic (exact) mass is 1450 g/mol. The van der Waals surface area contributed by atoms with E-state index in [1.165, 1.54) is 250 Å². The molecular weight excluding hydrogens is 1290 g/mol. The normalized spacial score (nSPS) is 14.1. The number of hydrogen-bond acceptors (Lipinski definition) is 15. The molecule has 0 bridgehead atoms. The van der Waals surface area contributed by atoms with Gasteiger partial charge in [-0.25, -0.2) is 9.13 Å². The lowest BCUT2D eigenvalue weighted by molar-refractivity contribution is -0.161. The Kier molecular flexibility index (Phi) is 71.6. The van der Waals surface area contributed by atoms with E-state index in [2.05, 4.69) is 34.6 Å². The van der Waals surface area contributed by atoms with E-state index in [1.807, 2.05) is 0 Å². The molecule has 0 aliphatic heterocycles. The Morgan fingerprint density at radius 3 is 0.717 bits per heavy atom. The van der Waals surface area contributed by atoms with Gasteiger partial charge in [-0.2, -0.15) is 0 Å². The molecule has 0 spiro atoms. The summed E-state index contributed by atoms with van der Waals surface area (Å²) in [5.74, 6) is -1.39. The topological polar surface area (TPSA) is 237 Å². The first-order chi connectivity index (χ1) is 48.1. The van der Waals surface area contributed by atoms with Crippen molar-refractivity contribution in [3.8, 4) is 0 Å². The minimum absolute atomic E-state index is 0.103. The van der Waals surface area contributed by atoms with Crippen molar-refractivity contribution >= 4 is 39.5 Å². The third-order valence-corrected chi connectivity index (χ3v) is 21.0. The number of unbranched alkanes of at least 4 members (excludes halogenated alkanes) is 51. The quantitative estimate of drug-likeness (QED) is 0.0222. The SMILES string of the molecule is CCCCCCCCCCCCCCCCCCCCCCC(=O)OC[C@H](COP(=O)(O)OC[C@@H](O)COP(=O)(O)OC[C@@H](COC(=O)CCCCCCCCCCC)OC(=O)CCCCCCCCC(C)CC)OC(=O)CCCCCCCCCCCCCCCCCCCCCC. The fraction of sp³-hybridized carbons (Fsp3) is 0.950. The fourth-order valence-electron chi connectivity index (χ4n) is 12.4. The first-order valence-corrected chi connectivity index (χ1v) is 44.7. The average Bonchev–Trinajstić information content (AvgIpc) is 1.86. The summed E-state index contributed by atoms with van der Waals surface area (Å²) in [6.07, 6.45) is 64.1. The minimum atomic E-state index is -4.96. The first kappa shape index (κ1) is 97.1. The van der Waals surface area contributed by atoms with Gasteiger partial charge in [0.1, 0.15) is 19.3 Å². The van der Waals surface area contributed by atoms with E-state index in [4.69, 9.17) is 37.0 Å². The van der Waals surface area contributed by atoms with E-state index >= 15 is 0 Å². The second-order valence-corrected chi connectivity index (χ2v) is 32.0. The Bertz CT molecular complexity index is 1890. The maximum Gasteiger partial charge on any atom is 0.472 e. The van der Waals surface area contributed by atoms with Crippen molar-refractivity contribution in [3.05, 3.63) is 0 Å². The van der Waals surface area contributed by atoms with Crippen LogP contribution in [0.2, 0.25) is 0 Å². The highest BCUT2D eigenvalue weighted by molar-refractivity contribution is 7.47. The number of hydrogen-bond donors (Lipinski definition) is 3. The number of ether oxygens (including phenoxy) is 4. The van der Waals surface area contributed by atoms with Crippen molar-refractivity contribution < 1.29 is 80.2 Å². The van der Waals surface area contributed by atoms with E-state index in [0.717, 1.165) is 95.8 Å². The van der Waals surface area contributed by atoms with Crippen LogP contribution in [-0.4, -0.2) is 96.7 Å². The number of carbonyl (C=O) groups excluding carboxylic acids is 4. The van der Waals surface area contributed by atoms with Gasteiger partial charge in [0.05, 0.1) is 26.4 Å². The zero-order valence-electron chi connectivity index (χ0n) is 64.6. The van der Waals surface area contributed by atoms with Crippen LogP contribution < -0.4 is 0 Å². The Labute approximate surface area is 607 Å². The maximum atomic E-state index is 13.1. The van der Waals surface area contributed by atoms with Crippen molar-refractivity contribution in [2.45, 2.75) is 445 Å². The summed E-state index contributed by atoms with van der Waals surface area (Å²) >= 11 is 0. The molecule has 0 aromatic rings. The molecule has 0 aromatic heterocycles. The molecule has 0 aliphatic carbocycles. The van der Waals surface area contributed by atoms with E-state index < -0.39 is 97.5 Å². The van der Waals surface area contributed by atoms with Gasteiger partial charge in [-0.1, -0.05) is 375 Å². The molecule has 0 saturated heterocycles. The molecule has 3 N–H and O–H groups in total. The van der Waals surface area contributed by atoms with Crippen LogP contribution in [0.5, 0.6) is 0 Å². The van der Waals surface area contributed by atoms with Crippen molar-refractivity contribution in [3.63, 3.8) is 0 Å². The predicted molar refractivity (Wildman–Crippen MR) is 405 cm³/mol. The molecule has 0 radical (unpaired) electrons. The molecule has 6 atom stereocenters. The van der Waals surface area contributed by atoms with Crippen molar-refractivity contribution in [2.24, 2.45) is 5.92 Å². The molecule has 0 aromatic carbocycles. The number of phosphoric acid groups is 2. The van der Waals surface area contributed by atoms with Crippen molar-refractivity contribution in [2.75, 3.05) is 39.6 Å². The second kappa shape index (κ2) is 73.0. The van der Waals surface area contributed by atoms with Gasteiger partial charge in [-0.05, 0) is 31.6 Å². The molecule has 0 saturated carbocycles. The molecule has 3 unspecified atom stereocenters. The van der Waals surface area contributed by atoms with Crippen LogP contribution in [0.15, 0.2) is 0 Å². The standard InChI is InChI=1S/C80H156O17P2/c1-6-10-13-16-19-22-24-26-28-30-32-34-36-38-40-42-45-48-54-59-64-78(83)91-69-75(96-79(84)65-60-55-49-46-43-41-39-37-35-33-31-29-27-25-23-20-17-14-11-7-2)71-94-98(86,87)92-67-74(81)68-93-99(88,89)95-72-76(70-90-77(82)63-58-53-47-44-21-18-15-12-8-3)97-80(85)66-61-56-51-50-52-57-62-73(5)9-4/h73-76,81H,6-72H2,1-5H3,(H,86,87)(H,88,89)/t73?,74-,75-,76-/m1/s1. The highest BCUT2D eigenvalue weighted by atomic mass is 31.2. The van der Waals surface area contributed by atoms with Crippen LogP contribution >= 0.6 is 15.6 Å². The van der Waals surface area contributed by atoms with Gasteiger partial charge in [-0.3, -0.25) is 37.3 Å². The van der Waals surface area contributed by atoms with E-state index in [-0.39, 0.29) is 25.7 Å². The van der Waals surface area contributed by atoms with Gasteiger partial charge in [0.25, 0.3) is 0 Å². The third-order valence-electron chi connectivity index (χ3n) is 19.1. The summed E-state index contributed by atoms with van der Waals surface area (Å²) in [4.78, 5) is 72.8. The Hall–Kier alpha value is -1.94. The molecule has 0 rings (SSSR count). The van der Waals surface area contributed by atoms with E-state index in [9.17, 15) is 43.2 Å². The van der Waals surface area contributed by atoms with Gasteiger partial charge < -0.3 is 33.8 Å². The summed E-state index contributed by atoms with van der Waals surface area (Å²) in [6, 6.07) is 0. The zero-order chi connectivity index (χ0) is 72.7. The third kappa shape index (κ3) is 72.8. The molecular formula is C80H156O17P2. The number of aliphatic hydroxyl groups is 1. The Morgan fingerprint density at radius 2 is 0.485 bits per heavy atom. The van der Waals surface area contributed by atoms with Gasteiger partial charge >= 0.3 is 39.5 Å². The van der Waals surface area contributed by atoms with Gasteiger partial charge in [0, 0.05) is 25.7 Å². The van der Waals surface area contributed by atoms with Crippen molar-refractivity contribution in [1.82, 2.24) is 0 Å². The maximum absolute atomic E-state index is 13.1. The minimum Gasteiger partial charge on any atom is -0.462 e. The molecule has 0 aliphatic rings. The summed E-state index contributed by atoms with van der Waals surface area (Å²) in [5.41, 5.74) is 0. The van der Waals surface area contributed by atoms with Gasteiger partial charge in [-0.15, -0.1) is 0 Å². The summed E-state index contributed by atoms with van der Waals surface area (Å²) in [6.45, 7) is 7.25. The van der Waals surface area contributed by atoms with Crippen LogP contribution in [0, 0.1) is 5.92 Å². The van der Waals surface area contributed by atoms with Crippen LogP contribution in [0.3, 0.4) is 0 Å². The largest absolute Gasteiger partial charge is 0.472 e. The van der Waals surface area contributed by atoms with Crippen LogP contribution in [0.25, 0.3) is 0 Å². The summed E-state index contributed by atoms with van der Waals surface area (Å²) < 4.78 is 68.6. The molecule has 588 valence electrons. The fourth-order valence-corrected chi connectivity index (χ4v) is 14.0. The lowest BCUT2D eigenvalue weighted by Gasteiger charge is -2.21. The van der Waals surface area contributed by atoms with E-state index in [0.29, 0.717) is 25.7 Å². The zero-order valence-corrected chi connectivity index (χ0v) is 66.4. The number of rotatable bonds is 80. The lowest BCUT2D eigenvalue weighted by Crippen LogP contribution is -2.30. The highest BCUT2D eigenvalue weighted by Gasteiger charge is 2.30. The predicted octanol–water partition coefficient (Wildman–Crippen LogP) is 24.0. The molecule has 0 amide bonds. The van der Waals surface area contributed by atoms with Crippen LogP contribution in [0.1, 0.15) is 426 Å². The summed E-state index contributed by atoms with van der Waals surface area (Å²) in [7, 11) is -9.91. The first-order valence-electron chi connectivity index (χ1n) is 41.7. The highest BCUT2D eigenvalue weighted by Crippen LogP contribution is 2.45. The average molecular weight is 1450 g/mol. The van der Waals surface area contributed by atoms with E-state index in [1.54, 1.807) is 0 Å². The molecule has 17 nitrogen and oxygen atoms in total. The number of phosphoric ester groups is 2. The van der Waals surface area contributed by atoms with Crippen LogP contribution in [-0.2, 0) is 65.4 Å². The van der Waals surface area contributed by atoms with Gasteiger partial charge in [0.15, 0.2) is 12.2 Å². The molecule has 0 heterocycles. The molecule has 19 heteroatoms. The van der Waals surface area contributed by atoms with Gasteiger partial charge in [0.2, 0.25) is 0 Å². The molecule has 0 fully saturated rings. The smallest absolute Gasteiger partial charge is 0.462 e. The molecule has 99 heavy (non-hydrogen) atoms. The van der Waals surface area contributed by atoms with Crippen LogP contribution in [0.4, 0.5) is 0 Å². The number of esters is 4. The number of aliphatic hydroxyl groups excluding tert-OH is 1. The Balaban J connectivity index is 5.17.